The standard InChI is InChI=1S/C17H19ClN4O3S/c1-10-3-4-12(18)7-14(10)22-16-8-15(19-11(2)20-16)17(23)21-13-5-6-26(24,25)9-13/h3-4,7-8,13H,5-6,9H2,1-2H3,(H,21,23)(H,19,20,22). The van der Waals surface area contributed by atoms with Crippen LogP contribution >= 0.6 is 11.6 Å². The van der Waals surface area contributed by atoms with Crippen molar-refractivity contribution in [3.05, 3.63) is 46.4 Å². The lowest BCUT2D eigenvalue weighted by molar-refractivity contribution is 0.0935. The van der Waals surface area contributed by atoms with Crippen molar-refractivity contribution in [2.45, 2.75) is 26.3 Å². The summed E-state index contributed by atoms with van der Waals surface area (Å²) in [5.74, 6) is 0.548. The van der Waals surface area contributed by atoms with E-state index in [4.69, 9.17) is 11.6 Å². The summed E-state index contributed by atoms with van der Waals surface area (Å²) in [5, 5.41) is 6.46. The molecule has 0 radical (unpaired) electrons. The van der Waals surface area contributed by atoms with Gasteiger partial charge in [-0.1, -0.05) is 17.7 Å². The van der Waals surface area contributed by atoms with Gasteiger partial charge in [-0.15, -0.1) is 0 Å². The zero-order chi connectivity index (χ0) is 18.9. The van der Waals surface area contributed by atoms with Gasteiger partial charge in [-0.2, -0.15) is 0 Å². The molecule has 2 N–H and O–H groups in total. The number of nitrogens with one attached hydrogen (secondary N) is 2. The van der Waals surface area contributed by atoms with Crippen molar-refractivity contribution >= 4 is 38.9 Å². The molecule has 0 spiro atoms. The first-order valence-electron chi connectivity index (χ1n) is 8.12. The number of aromatic nitrogens is 2. The van der Waals surface area contributed by atoms with E-state index in [1.807, 2.05) is 13.0 Å². The number of nitrogens with zero attached hydrogens (tertiary/aromatic N) is 2. The van der Waals surface area contributed by atoms with Crippen LogP contribution in [0.25, 0.3) is 0 Å². The van der Waals surface area contributed by atoms with Crippen molar-refractivity contribution in [1.29, 1.82) is 0 Å². The molecule has 0 bridgehead atoms. The number of aryl methyl sites for hydroxylation is 2. The molecule has 7 nitrogen and oxygen atoms in total. The SMILES string of the molecule is Cc1nc(Nc2cc(Cl)ccc2C)cc(C(=O)NC2CCS(=O)(=O)C2)n1. The predicted octanol–water partition coefficient (Wildman–Crippen LogP) is 2.41. The Kier molecular flexibility index (Phi) is 5.15. The Morgan fingerprint density at radius 1 is 1.23 bits per heavy atom. The van der Waals surface area contributed by atoms with Crippen molar-refractivity contribution in [1.82, 2.24) is 15.3 Å². The second-order valence-corrected chi connectivity index (χ2v) is 9.01. The third-order valence-electron chi connectivity index (χ3n) is 4.10. The van der Waals surface area contributed by atoms with Gasteiger partial charge in [-0.25, -0.2) is 18.4 Å². The summed E-state index contributed by atoms with van der Waals surface area (Å²) in [6.07, 6.45) is 0.422. The van der Waals surface area contributed by atoms with Gasteiger partial charge in [0.15, 0.2) is 9.84 Å². The summed E-state index contributed by atoms with van der Waals surface area (Å²) in [4.78, 5) is 20.9. The fraction of sp³-hybridized carbons (Fsp3) is 0.353. The number of carbonyl (C=O) groups is 1. The molecular formula is C17H19ClN4O3S. The van der Waals surface area contributed by atoms with Gasteiger partial charge >= 0.3 is 0 Å². The summed E-state index contributed by atoms with van der Waals surface area (Å²) < 4.78 is 23.1. The summed E-state index contributed by atoms with van der Waals surface area (Å²) >= 11 is 6.03. The Balaban J connectivity index is 1.79. The average molecular weight is 395 g/mol. The number of halogens is 1. The van der Waals surface area contributed by atoms with Crippen LogP contribution in [0.1, 0.15) is 28.3 Å². The molecule has 2 aromatic rings. The number of sulfone groups is 1. The van der Waals surface area contributed by atoms with E-state index < -0.39 is 15.7 Å². The van der Waals surface area contributed by atoms with Crippen LogP contribution in [0, 0.1) is 13.8 Å². The van der Waals surface area contributed by atoms with E-state index in [-0.39, 0.29) is 23.2 Å². The number of benzene rings is 1. The Morgan fingerprint density at radius 3 is 2.69 bits per heavy atom. The molecule has 1 fully saturated rings. The molecule has 138 valence electrons. The second kappa shape index (κ2) is 7.20. The lowest BCUT2D eigenvalue weighted by Gasteiger charge is -2.13. The third-order valence-corrected chi connectivity index (χ3v) is 6.10. The molecule has 1 atom stereocenters. The van der Waals surface area contributed by atoms with Gasteiger partial charge in [0.05, 0.1) is 11.5 Å². The van der Waals surface area contributed by atoms with E-state index in [2.05, 4.69) is 20.6 Å². The first-order chi connectivity index (χ1) is 12.2. The first kappa shape index (κ1) is 18.6. The number of carbonyl (C=O) groups excluding carboxylic acids is 1. The topological polar surface area (TPSA) is 101 Å². The summed E-state index contributed by atoms with van der Waals surface area (Å²) in [7, 11) is -3.06. The Hall–Kier alpha value is -2.19. The van der Waals surface area contributed by atoms with Crippen LogP contribution in [0.15, 0.2) is 24.3 Å². The molecular weight excluding hydrogens is 376 g/mol. The third kappa shape index (κ3) is 4.50. The molecule has 1 aromatic heterocycles. The molecule has 9 heteroatoms. The normalized spacial score (nSPS) is 18.5. The van der Waals surface area contributed by atoms with Crippen LogP contribution in [-0.4, -0.2) is 41.8 Å². The average Bonchev–Trinajstić information content (AvgIpc) is 2.89. The summed E-state index contributed by atoms with van der Waals surface area (Å²) in [6, 6.07) is 6.60. The molecule has 26 heavy (non-hydrogen) atoms. The van der Waals surface area contributed by atoms with Crippen LogP contribution < -0.4 is 10.6 Å². The largest absolute Gasteiger partial charge is 0.347 e. The number of hydrogen-bond acceptors (Lipinski definition) is 6. The monoisotopic (exact) mass is 394 g/mol. The lowest BCUT2D eigenvalue weighted by atomic mass is 10.2. The zero-order valence-electron chi connectivity index (χ0n) is 14.4. The highest BCUT2D eigenvalue weighted by molar-refractivity contribution is 7.91. The van der Waals surface area contributed by atoms with Crippen molar-refractivity contribution in [2.75, 3.05) is 16.8 Å². The van der Waals surface area contributed by atoms with Gasteiger partial charge in [-0.05, 0) is 38.0 Å². The fourth-order valence-electron chi connectivity index (χ4n) is 2.78. The minimum absolute atomic E-state index is 0.0321. The van der Waals surface area contributed by atoms with Crippen molar-refractivity contribution < 1.29 is 13.2 Å². The molecule has 0 aliphatic carbocycles. The lowest BCUT2D eigenvalue weighted by Crippen LogP contribution is -2.36. The highest BCUT2D eigenvalue weighted by Gasteiger charge is 2.29. The summed E-state index contributed by atoms with van der Waals surface area (Å²) in [6.45, 7) is 3.62. The molecule has 1 aliphatic heterocycles. The maximum atomic E-state index is 12.4. The number of anilines is 2. The Morgan fingerprint density at radius 2 is 2.00 bits per heavy atom. The van der Waals surface area contributed by atoms with E-state index in [1.54, 1.807) is 19.1 Å². The molecule has 2 heterocycles. The van der Waals surface area contributed by atoms with Crippen LogP contribution in [0.3, 0.4) is 0 Å². The van der Waals surface area contributed by atoms with E-state index in [9.17, 15) is 13.2 Å². The van der Waals surface area contributed by atoms with Gasteiger partial charge in [0.2, 0.25) is 0 Å². The Labute approximate surface area is 157 Å². The zero-order valence-corrected chi connectivity index (χ0v) is 16.0. The molecule has 1 amide bonds. The van der Waals surface area contributed by atoms with E-state index in [0.717, 1.165) is 11.3 Å². The smallest absolute Gasteiger partial charge is 0.270 e. The Bertz CT molecular complexity index is 962. The van der Waals surface area contributed by atoms with Gasteiger partial charge in [0.1, 0.15) is 17.3 Å². The van der Waals surface area contributed by atoms with E-state index in [1.165, 1.54) is 6.07 Å². The molecule has 1 aromatic carbocycles. The number of rotatable bonds is 4. The molecule has 0 saturated carbocycles. The minimum atomic E-state index is -3.06. The van der Waals surface area contributed by atoms with Crippen molar-refractivity contribution in [3.63, 3.8) is 0 Å². The molecule has 1 unspecified atom stereocenters. The van der Waals surface area contributed by atoms with Gasteiger partial charge in [-0.3, -0.25) is 4.79 Å². The van der Waals surface area contributed by atoms with Gasteiger partial charge in [0.25, 0.3) is 5.91 Å². The van der Waals surface area contributed by atoms with Crippen LogP contribution in [0.2, 0.25) is 5.02 Å². The maximum absolute atomic E-state index is 12.4. The second-order valence-electron chi connectivity index (χ2n) is 6.34. The van der Waals surface area contributed by atoms with Crippen molar-refractivity contribution in [2.24, 2.45) is 0 Å². The number of amides is 1. The fourth-order valence-corrected chi connectivity index (χ4v) is 4.63. The number of hydrogen-bond donors (Lipinski definition) is 2. The van der Waals surface area contributed by atoms with Crippen molar-refractivity contribution in [3.8, 4) is 0 Å². The van der Waals surface area contributed by atoms with Crippen LogP contribution in [0.4, 0.5) is 11.5 Å². The quantitative estimate of drug-likeness (QED) is 0.825. The highest BCUT2D eigenvalue weighted by atomic mass is 35.5. The molecule has 1 aliphatic rings. The van der Waals surface area contributed by atoms with E-state index >= 15 is 0 Å². The maximum Gasteiger partial charge on any atom is 0.270 e. The van der Waals surface area contributed by atoms with Crippen LogP contribution in [0.5, 0.6) is 0 Å². The van der Waals surface area contributed by atoms with Gasteiger partial charge < -0.3 is 10.6 Å². The van der Waals surface area contributed by atoms with Crippen LogP contribution in [-0.2, 0) is 9.84 Å². The minimum Gasteiger partial charge on any atom is -0.347 e. The van der Waals surface area contributed by atoms with Gasteiger partial charge in [0, 0.05) is 22.8 Å². The highest BCUT2D eigenvalue weighted by Crippen LogP contribution is 2.23. The molecule has 3 rings (SSSR count). The summed E-state index contributed by atoms with van der Waals surface area (Å²) in [5.41, 5.74) is 1.95. The molecule has 1 saturated heterocycles. The van der Waals surface area contributed by atoms with E-state index in [0.29, 0.717) is 23.1 Å². The first-order valence-corrected chi connectivity index (χ1v) is 10.3. The predicted molar refractivity (Wildman–Crippen MR) is 101 cm³/mol.